The molecule has 0 bridgehead atoms. The highest BCUT2D eigenvalue weighted by Gasteiger charge is 2.59. The lowest BCUT2D eigenvalue weighted by Crippen LogP contribution is -2.63. The number of aromatic nitrogens is 1. The molecule has 98 valence electrons. The fourth-order valence-electron chi connectivity index (χ4n) is 3.62. The quantitative estimate of drug-likeness (QED) is 0.871. The average molecular weight is 246 g/mol. The highest BCUT2D eigenvalue weighted by atomic mass is 16.5. The molecule has 1 aromatic rings. The van der Waals surface area contributed by atoms with Crippen LogP contribution in [0.3, 0.4) is 0 Å². The monoisotopic (exact) mass is 246 g/mol. The van der Waals surface area contributed by atoms with Crippen LogP contribution in [0.1, 0.15) is 31.7 Å². The van der Waals surface area contributed by atoms with E-state index in [1.165, 1.54) is 12.1 Å². The van der Waals surface area contributed by atoms with Gasteiger partial charge in [0.1, 0.15) is 0 Å². The smallest absolute Gasteiger partial charge is 0.0694 e. The van der Waals surface area contributed by atoms with Crippen molar-refractivity contribution in [1.82, 2.24) is 4.98 Å². The summed E-state index contributed by atoms with van der Waals surface area (Å²) in [6.07, 6.45) is 1.62. The van der Waals surface area contributed by atoms with Gasteiger partial charge in [-0.25, -0.2) is 0 Å². The number of hydrogen-bond acceptors (Lipinski definition) is 3. The molecule has 1 aromatic heterocycles. The third kappa shape index (κ3) is 1.64. The van der Waals surface area contributed by atoms with Gasteiger partial charge in [0, 0.05) is 29.7 Å². The van der Waals surface area contributed by atoms with Crippen LogP contribution >= 0.6 is 0 Å². The number of anilines is 1. The zero-order valence-corrected chi connectivity index (χ0v) is 11.7. The molecule has 3 atom stereocenters. The Balaban J connectivity index is 1.80. The lowest BCUT2D eigenvalue weighted by Gasteiger charge is -2.55. The van der Waals surface area contributed by atoms with E-state index >= 15 is 0 Å². The fraction of sp³-hybridized carbons (Fsp3) is 0.667. The molecule has 1 aliphatic heterocycles. The summed E-state index contributed by atoms with van der Waals surface area (Å²) in [7, 11) is 0. The maximum atomic E-state index is 5.83. The van der Waals surface area contributed by atoms with Gasteiger partial charge < -0.3 is 10.1 Å². The summed E-state index contributed by atoms with van der Waals surface area (Å²) in [6, 6.07) is 4.73. The van der Waals surface area contributed by atoms with Crippen LogP contribution in [-0.2, 0) is 4.74 Å². The van der Waals surface area contributed by atoms with Gasteiger partial charge in [-0.05, 0) is 32.4 Å². The Morgan fingerprint density at radius 3 is 2.83 bits per heavy atom. The molecule has 1 saturated heterocycles. The van der Waals surface area contributed by atoms with Gasteiger partial charge in [-0.2, -0.15) is 0 Å². The largest absolute Gasteiger partial charge is 0.380 e. The van der Waals surface area contributed by atoms with Crippen molar-refractivity contribution in [2.45, 2.75) is 46.3 Å². The lowest BCUT2D eigenvalue weighted by molar-refractivity contribution is -0.0923. The average Bonchev–Trinajstić information content (AvgIpc) is 2.74. The summed E-state index contributed by atoms with van der Waals surface area (Å²) in [5, 5.41) is 3.69. The fourth-order valence-corrected chi connectivity index (χ4v) is 3.62. The minimum atomic E-state index is 0.221. The number of pyridine rings is 1. The molecule has 0 amide bonds. The normalized spacial score (nSPS) is 32.8. The second kappa shape index (κ2) is 3.95. The zero-order valence-electron chi connectivity index (χ0n) is 11.7. The maximum absolute atomic E-state index is 5.83. The molecular formula is C15H22N2O. The molecule has 18 heavy (non-hydrogen) atoms. The summed E-state index contributed by atoms with van der Waals surface area (Å²) in [4.78, 5) is 4.52. The van der Waals surface area contributed by atoms with Crippen molar-refractivity contribution in [2.75, 3.05) is 11.9 Å². The molecule has 1 aliphatic carbocycles. The first-order chi connectivity index (χ1) is 8.50. The molecule has 2 heterocycles. The van der Waals surface area contributed by atoms with Crippen molar-refractivity contribution in [3.05, 3.63) is 23.5 Å². The predicted molar refractivity (Wildman–Crippen MR) is 72.7 cm³/mol. The van der Waals surface area contributed by atoms with Crippen LogP contribution in [0, 0.1) is 25.2 Å². The second-order valence-corrected chi connectivity index (χ2v) is 6.27. The Hall–Kier alpha value is -1.09. The Morgan fingerprint density at radius 1 is 1.33 bits per heavy atom. The van der Waals surface area contributed by atoms with E-state index in [4.69, 9.17) is 4.74 Å². The number of nitrogens with one attached hydrogen (secondary N) is 1. The van der Waals surface area contributed by atoms with Crippen LogP contribution in [0.4, 0.5) is 5.69 Å². The van der Waals surface area contributed by atoms with Gasteiger partial charge in [0.05, 0.1) is 17.5 Å². The number of rotatable bonds is 2. The number of hydrogen-bond donors (Lipinski definition) is 1. The molecule has 2 aliphatic rings. The van der Waals surface area contributed by atoms with Gasteiger partial charge in [0.2, 0.25) is 0 Å². The molecule has 0 spiro atoms. The molecular weight excluding hydrogens is 224 g/mol. The highest BCUT2D eigenvalue weighted by Crippen LogP contribution is 2.53. The topological polar surface area (TPSA) is 34.1 Å². The Morgan fingerprint density at radius 2 is 2.11 bits per heavy atom. The van der Waals surface area contributed by atoms with Crippen LogP contribution in [0.15, 0.2) is 12.1 Å². The Kier molecular flexibility index (Phi) is 2.63. The summed E-state index contributed by atoms with van der Waals surface area (Å²) < 4.78 is 5.83. The first kappa shape index (κ1) is 12.0. The summed E-state index contributed by atoms with van der Waals surface area (Å²) >= 11 is 0. The van der Waals surface area contributed by atoms with Crippen molar-refractivity contribution in [2.24, 2.45) is 11.3 Å². The van der Waals surface area contributed by atoms with Gasteiger partial charge in [0.15, 0.2) is 0 Å². The molecule has 3 unspecified atom stereocenters. The summed E-state index contributed by atoms with van der Waals surface area (Å²) in [5.74, 6) is 0.667. The SMILES string of the molecule is Cc1ccc(NC2C3CCOC3C2(C)C)c(C)n1. The Labute approximate surface area is 109 Å². The van der Waals surface area contributed by atoms with E-state index in [2.05, 4.69) is 43.2 Å². The third-order valence-electron chi connectivity index (χ3n) is 4.64. The van der Waals surface area contributed by atoms with Gasteiger partial charge in [0.25, 0.3) is 0 Å². The van der Waals surface area contributed by atoms with Crippen LogP contribution < -0.4 is 5.32 Å². The minimum Gasteiger partial charge on any atom is -0.380 e. The van der Waals surface area contributed by atoms with E-state index in [9.17, 15) is 0 Å². The van der Waals surface area contributed by atoms with Crippen molar-refractivity contribution >= 4 is 5.69 Å². The van der Waals surface area contributed by atoms with Gasteiger partial charge >= 0.3 is 0 Å². The van der Waals surface area contributed by atoms with Gasteiger partial charge in [-0.3, -0.25) is 4.98 Å². The van der Waals surface area contributed by atoms with E-state index in [1.807, 2.05) is 6.92 Å². The van der Waals surface area contributed by atoms with E-state index in [0.717, 1.165) is 18.0 Å². The van der Waals surface area contributed by atoms with Gasteiger partial charge in [-0.1, -0.05) is 13.8 Å². The lowest BCUT2D eigenvalue weighted by atomic mass is 9.57. The van der Waals surface area contributed by atoms with Crippen LogP contribution in [0.2, 0.25) is 0 Å². The third-order valence-corrected chi connectivity index (χ3v) is 4.64. The maximum Gasteiger partial charge on any atom is 0.0694 e. The molecule has 3 rings (SSSR count). The number of nitrogens with zero attached hydrogens (tertiary/aromatic N) is 1. The van der Waals surface area contributed by atoms with Gasteiger partial charge in [-0.15, -0.1) is 0 Å². The first-order valence-electron chi connectivity index (χ1n) is 6.82. The van der Waals surface area contributed by atoms with Crippen LogP contribution in [-0.4, -0.2) is 23.7 Å². The van der Waals surface area contributed by atoms with E-state index in [1.54, 1.807) is 0 Å². The highest BCUT2D eigenvalue weighted by molar-refractivity contribution is 5.50. The summed E-state index contributed by atoms with van der Waals surface area (Å²) in [5.41, 5.74) is 3.56. The first-order valence-corrected chi connectivity index (χ1v) is 6.82. The van der Waals surface area contributed by atoms with Crippen LogP contribution in [0.25, 0.3) is 0 Å². The number of ether oxygens (including phenoxy) is 1. The minimum absolute atomic E-state index is 0.221. The molecule has 2 fully saturated rings. The van der Waals surface area contributed by atoms with E-state index in [0.29, 0.717) is 18.1 Å². The van der Waals surface area contributed by atoms with Crippen molar-refractivity contribution < 1.29 is 4.74 Å². The van der Waals surface area contributed by atoms with E-state index < -0.39 is 0 Å². The zero-order chi connectivity index (χ0) is 12.9. The second-order valence-electron chi connectivity index (χ2n) is 6.27. The van der Waals surface area contributed by atoms with Crippen molar-refractivity contribution in [3.8, 4) is 0 Å². The van der Waals surface area contributed by atoms with Crippen molar-refractivity contribution in [3.63, 3.8) is 0 Å². The molecule has 1 N–H and O–H groups in total. The van der Waals surface area contributed by atoms with E-state index in [-0.39, 0.29) is 5.41 Å². The molecule has 3 heteroatoms. The molecule has 1 saturated carbocycles. The molecule has 3 nitrogen and oxygen atoms in total. The van der Waals surface area contributed by atoms with Crippen molar-refractivity contribution in [1.29, 1.82) is 0 Å². The standard InChI is InChI=1S/C15H22N2O/c1-9-5-6-12(10(2)16-9)17-13-11-7-8-18-14(11)15(13,3)4/h5-6,11,13-14,17H,7-8H2,1-4H3. The van der Waals surface area contributed by atoms with Crippen LogP contribution in [0.5, 0.6) is 0 Å². The number of fused-ring (bicyclic) bond motifs is 1. The number of aryl methyl sites for hydroxylation is 2. The summed E-state index contributed by atoms with van der Waals surface area (Å²) in [6.45, 7) is 9.62. The molecule has 0 radical (unpaired) electrons. The Bertz CT molecular complexity index is 470. The predicted octanol–water partition coefficient (Wildman–Crippen LogP) is 2.92. The molecule has 0 aromatic carbocycles.